The van der Waals surface area contributed by atoms with Crippen LogP contribution in [0.1, 0.15) is 53.3 Å². The minimum absolute atomic E-state index is 0.0472. The number of aryl methyl sites for hydroxylation is 1. The van der Waals surface area contributed by atoms with Crippen molar-refractivity contribution in [2.75, 3.05) is 32.1 Å². The number of aromatic nitrogens is 2. The molecule has 2 fully saturated rings. The fourth-order valence-electron chi connectivity index (χ4n) is 5.17. The SMILES string of the molecule is COCC(=O)Nc1cc(C(=O)N[C@H]2CCN(Cc3ccccc3)C2)c2c(c1)nc(C1CCC1)n2C. The molecule has 3 aromatic rings. The topological polar surface area (TPSA) is 88.5 Å². The molecule has 2 amide bonds. The summed E-state index contributed by atoms with van der Waals surface area (Å²) in [5.41, 5.74) is 3.91. The number of methoxy groups -OCH3 is 1. The second kappa shape index (κ2) is 10.2. The lowest BCUT2D eigenvalue weighted by atomic mass is 9.85. The number of carbonyl (C=O) groups excluding carboxylic acids is 2. The highest BCUT2D eigenvalue weighted by atomic mass is 16.5. The van der Waals surface area contributed by atoms with Crippen LogP contribution in [0, 0.1) is 0 Å². The molecule has 2 aromatic carbocycles. The Hall–Kier alpha value is -3.23. The molecular weight excluding hydrogens is 442 g/mol. The number of nitrogens with one attached hydrogen (secondary N) is 2. The third-order valence-corrected chi connectivity index (χ3v) is 7.13. The van der Waals surface area contributed by atoms with Crippen LogP contribution in [-0.2, 0) is 23.1 Å². The molecule has 8 nitrogen and oxygen atoms in total. The smallest absolute Gasteiger partial charge is 0.253 e. The molecule has 1 aliphatic carbocycles. The second-order valence-corrected chi connectivity index (χ2v) is 9.71. The summed E-state index contributed by atoms with van der Waals surface area (Å²) in [6.07, 6.45) is 4.36. The van der Waals surface area contributed by atoms with Crippen molar-refractivity contribution in [2.24, 2.45) is 7.05 Å². The van der Waals surface area contributed by atoms with Gasteiger partial charge in [0.2, 0.25) is 5.91 Å². The van der Waals surface area contributed by atoms with Crippen LogP contribution in [0.3, 0.4) is 0 Å². The summed E-state index contributed by atoms with van der Waals surface area (Å²) in [5, 5.41) is 6.09. The number of rotatable bonds is 8. The zero-order valence-corrected chi connectivity index (χ0v) is 20.4. The maximum Gasteiger partial charge on any atom is 0.253 e. The number of hydrogen-bond acceptors (Lipinski definition) is 5. The van der Waals surface area contributed by atoms with Crippen molar-refractivity contribution in [3.05, 3.63) is 59.4 Å². The molecular formula is C27H33N5O3. The number of anilines is 1. The van der Waals surface area contributed by atoms with Gasteiger partial charge in [0.15, 0.2) is 0 Å². The maximum atomic E-state index is 13.6. The van der Waals surface area contributed by atoms with Crippen molar-refractivity contribution in [1.29, 1.82) is 0 Å². The summed E-state index contributed by atoms with van der Waals surface area (Å²) in [7, 11) is 3.47. The number of likely N-dealkylation sites (tertiary alicyclic amines) is 1. The van der Waals surface area contributed by atoms with Crippen LogP contribution in [0.15, 0.2) is 42.5 Å². The first-order valence-electron chi connectivity index (χ1n) is 12.4. The average molecular weight is 476 g/mol. The highest BCUT2D eigenvalue weighted by Crippen LogP contribution is 2.38. The van der Waals surface area contributed by atoms with E-state index in [4.69, 9.17) is 9.72 Å². The molecule has 1 aliphatic heterocycles. The monoisotopic (exact) mass is 475 g/mol. The predicted octanol–water partition coefficient (Wildman–Crippen LogP) is 3.43. The van der Waals surface area contributed by atoms with E-state index in [9.17, 15) is 9.59 Å². The predicted molar refractivity (Wildman–Crippen MR) is 135 cm³/mol. The quantitative estimate of drug-likeness (QED) is 0.521. The van der Waals surface area contributed by atoms with Crippen LogP contribution in [-0.4, -0.2) is 59.1 Å². The highest BCUT2D eigenvalue weighted by Gasteiger charge is 2.29. The Morgan fingerprint density at radius 2 is 1.94 bits per heavy atom. The molecule has 0 unspecified atom stereocenters. The van der Waals surface area contributed by atoms with Gasteiger partial charge in [0, 0.05) is 51.4 Å². The molecule has 1 atom stereocenters. The number of ether oxygens (including phenoxy) is 1. The highest BCUT2D eigenvalue weighted by molar-refractivity contribution is 6.08. The molecule has 0 radical (unpaired) electrons. The number of fused-ring (bicyclic) bond motifs is 1. The first kappa shape index (κ1) is 23.5. The zero-order valence-electron chi connectivity index (χ0n) is 20.4. The van der Waals surface area contributed by atoms with Crippen LogP contribution in [0.5, 0.6) is 0 Å². The Labute approximate surface area is 205 Å². The molecule has 1 saturated carbocycles. The summed E-state index contributed by atoms with van der Waals surface area (Å²) in [5.74, 6) is 1.04. The van der Waals surface area contributed by atoms with E-state index in [1.165, 1.54) is 19.1 Å². The molecule has 2 aliphatic rings. The van der Waals surface area contributed by atoms with E-state index in [1.807, 2.05) is 19.2 Å². The number of hydrogen-bond donors (Lipinski definition) is 2. The van der Waals surface area contributed by atoms with Gasteiger partial charge in [0.05, 0.1) is 16.6 Å². The number of nitrogens with zero attached hydrogens (tertiary/aromatic N) is 3. The normalized spacial score (nSPS) is 18.5. The van der Waals surface area contributed by atoms with E-state index < -0.39 is 0 Å². The average Bonchev–Trinajstić information content (AvgIpc) is 3.37. The van der Waals surface area contributed by atoms with Crippen molar-refractivity contribution in [2.45, 2.75) is 44.2 Å². The van der Waals surface area contributed by atoms with Gasteiger partial charge in [0.25, 0.3) is 5.91 Å². The molecule has 35 heavy (non-hydrogen) atoms. The summed E-state index contributed by atoms with van der Waals surface area (Å²) in [4.78, 5) is 33.0. The first-order valence-corrected chi connectivity index (χ1v) is 12.4. The number of carbonyl (C=O) groups is 2. The number of benzene rings is 2. The Bertz CT molecular complexity index is 1220. The first-order chi connectivity index (χ1) is 17.0. The van der Waals surface area contributed by atoms with Crippen molar-refractivity contribution in [3.63, 3.8) is 0 Å². The summed E-state index contributed by atoms with van der Waals surface area (Å²) in [6, 6.07) is 14.1. The van der Waals surface area contributed by atoms with E-state index in [1.54, 1.807) is 6.07 Å². The maximum absolute atomic E-state index is 13.6. The van der Waals surface area contributed by atoms with Gasteiger partial charge >= 0.3 is 0 Å². The molecule has 184 valence electrons. The molecule has 1 aromatic heterocycles. The lowest BCUT2D eigenvalue weighted by Crippen LogP contribution is -2.37. The minimum atomic E-state index is -0.263. The summed E-state index contributed by atoms with van der Waals surface area (Å²) < 4.78 is 7.00. The van der Waals surface area contributed by atoms with E-state index >= 15 is 0 Å². The van der Waals surface area contributed by atoms with Crippen LogP contribution in [0.4, 0.5) is 5.69 Å². The third-order valence-electron chi connectivity index (χ3n) is 7.13. The minimum Gasteiger partial charge on any atom is -0.375 e. The van der Waals surface area contributed by atoms with Gasteiger partial charge < -0.3 is 19.9 Å². The Balaban J connectivity index is 1.37. The van der Waals surface area contributed by atoms with Crippen LogP contribution in [0.25, 0.3) is 11.0 Å². The molecule has 2 N–H and O–H groups in total. The van der Waals surface area contributed by atoms with Gasteiger partial charge in [-0.2, -0.15) is 0 Å². The largest absolute Gasteiger partial charge is 0.375 e. The van der Waals surface area contributed by atoms with Crippen LogP contribution < -0.4 is 10.6 Å². The Morgan fingerprint density at radius 1 is 1.14 bits per heavy atom. The molecule has 8 heteroatoms. The number of imidazole rings is 1. The van der Waals surface area contributed by atoms with Gasteiger partial charge in [-0.3, -0.25) is 14.5 Å². The molecule has 0 bridgehead atoms. The molecule has 0 spiro atoms. The molecule has 2 heterocycles. The van der Waals surface area contributed by atoms with Crippen molar-refractivity contribution in [1.82, 2.24) is 19.8 Å². The van der Waals surface area contributed by atoms with Gasteiger partial charge in [-0.1, -0.05) is 36.8 Å². The van der Waals surface area contributed by atoms with E-state index in [-0.39, 0.29) is 24.5 Å². The molecule has 5 rings (SSSR count). The number of amides is 2. The van der Waals surface area contributed by atoms with Gasteiger partial charge in [0.1, 0.15) is 12.4 Å². The van der Waals surface area contributed by atoms with E-state index in [0.717, 1.165) is 55.8 Å². The lowest BCUT2D eigenvalue weighted by Gasteiger charge is -2.24. The fourth-order valence-corrected chi connectivity index (χ4v) is 5.17. The standard InChI is InChI=1S/C27H33N5O3/c1-31-25-22(27(34)29-20-11-12-32(16-20)15-18-7-4-3-5-8-18)13-21(28-24(33)17-35-2)14-23(25)30-26(31)19-9-6-10-19/h3-5,7-8,13-14,19-20H,6,9-12,15-17H2,1-2H3,(H,28,33)(H,29,34)/t20-/m0/s1. The van der Waals surface area contributed by atoms with Crippen molar-refractivity contribution < 1.29 is 14.3 Å². The van der Waals surface area contributed by atoms with Crippen LogP contribution in [0.2, 0.25) is 0 Å². The van der Waals surface area contributed by atoms with Gasteiger partial charge in [-0.15, -0.1) is 0 Å². The fraction of sp³-hybridized carbons (Fsp3) is 0.444. The lowest BCUT2D eigenvalue weighted by molar-refractivity contribution is -0.119. The van der Waals surface area contributed by atoms with E-state index in [0.29, 0.717) is 17.2 Å². The van der Waals surface area contributed by atoms with E-state index in [2.05, 4.69) is 44.4 Å². The van der Waals surface area contributed by atoms with Gasteiger partial charge in [-0.25, -0.2) is 4.98 Å². The van der Waals surface area contributed by atoms with Crippen molar-refractivity contribution >= 4 is 28.5 Å². The zero-order chi connectivity index (χ0) is 24.4. The summed E-state index contributed by atoms with van der Waals surface area (Å²) >= 11 is 0. The Morgan fingerprint density at radius 3 is 2.66 bits per heavy atom. The van der Waals surface area contributed by atoms with Crippen LogP contribution >= 0.6 is 0 Å². The van der Waals surface area contributed by atoms with Crippen molar-refractivity contribution in [3.8, 4) is 0 Å². The molecule has 1 saturated heterocycles. The summed E-state index contributed by atoms with van der Waals surface area (Å²) in [6.45, 7) is 2.59. The van der Waals surface area contributed by atoms with Gasteiger partial charge in [-0.05, 0) is 37.0 Å². The third kappa shape index (κ3) is 5.09. The Kier molecular flexibility index (Phi) is 6.83. The second-order valence-electron chi connectivity index (χ2n) is 9.71.